The number of hydrogen-bond donors (Lipinski definition) is 1. The van der Waals surface area contributed by atoms with Gasteiger partial charge in [0.1, 0.15) is 4.70 Å². The zero-order valence-corrected chi connectivity index (χ0v) is 14.1. The number of thiophene rings is 1. The molecule has 4 nitrogen and oxygen atoms in total. The van der Waals surface area contributed by atoms with Gasteiger partial charge in [0.25, 0.3) is 5.56 Å². The van der Waals surface area contributed by atoms with Gasteiger partial charge >= 0.3 is 0 Å². The highest BCUT2D eigenvalue weighted by molar-refractivity contribution is 7.20. The van der Waals surface area contributed by atoms with E-state index < -0.39 is 0 Å². The first kappa shape index (κ1) is 15.3. The second kappa shape index (κ2) is 6.71. The number of allylic oxidation sites excluding steroid dienone is 8. The smallest absolute Gasteiger partial charge is 0.271 e. The van der Waals surface area contributed by atoms with Gasteiger partial charge in [-0.2, -0.15) is 0 Å². The fourth-order valence-electron chi connectivity index (χ4n) is 3.14. The van der Waals surface area contributed by atoms with Gasteiger partial charge in [-0.1, -0.05) is 42.5 Å². The molecular weight excluding hydrogens is 318 g/mol. The molecule has 0 bridgehead atoms. The van der Waals surface area contributed by atoms with Gasteiger partial charge in [-0.25, -0.2) is 4.98 Å². The SMILES string of the molecule is O=c1c2sc(C3=C/C=C\C=C/C=C\3)cc2ncn1C1CCNCC1. The summed E-state index contributed by atoms with van der Waals surface area (Å²) in [4.78, 5) is 18.5. The van der Waals surface area contributed by atoms with Crippen molar-refractivity contribution in [3.8, 4) is 0 Å². The molecule has 3 heterocycles. The molecule has 0 amide bonds. The van der Waals surface area contributed by atoms with Crippen LogP contribution in [0, 0.1) is 0 Å². The van der Waals surface area contributed by atoms with Crippen LogP contribution in [0.5, 0.6) is 0 Å². The molecule has 1 fully saturated rings. The van der Waals surface area contributed by atoms with E-state index in [4.69, 9.17) is 0 Å². The van der Waals surface area contributed by atoms with Crippen LogP contribution in [-0.2, 0) is 0 Å². The van der Waals surface area contributed by atoms with Gasteiger partial charge < -0.3 is 5.32 Å². The van der Waals surface area contributed by atoms with E-state index in [2.05, 4.69) is 22.5 Å². The predicted molar refractivity (Wildman–Crippen MR) is 100 cm³/mol. The van der Waals surface area contributed by atoms with Crippen LogP contribution in [0.1, 0.15) is 23.8 Å². The molecule has 0 saturated carbocycles. The van der Waals surface area contributed by atoms with E-state index in [1.807, 2.05) is 41.0 Å². The van der Waals surface area contributed by atoms with Gasteiger partial charge in [0.15, 0.2) is 0 Å². The maximum Gasteiger partial charge on any atom is 0.271 e. The van der Waals surface area contributed by atoms with Crippen LogP contribution >= 0.6 is 11.3 Å². The van der Waals surface area contributed by atoms with Crippen LogP contribution in [-0.4, -0.2) is 22.6 Å². The topological polar surface area (TPSA) is 46.9 Å². The molecule has 1 aliphatic carbocycles. The molecule has 0 radical (unpaired) electrons. The Bertz CT molecular complexity index is 924. The Hall–Kier alpha value is -2.24. The Morgan fingerprint density at radius 3 is 2.79 bits per heavy atom. The maximum atomic E-state index is 12.9. The van der Waals surface area contributed by atoms with E-state index in [9.17, 15) is 4.79 Å². The van der Waals surface area contributed by atoms with Crippen LogP contribution in [0.15, 0.2) is 59.7 Å². The average Bonchev–Trinajstić information content (AvgIpc) is 3.01. The van der Waals surface area contributed by atoms with Crippen molar-refractivity contribution >= 4 is 27.1 Å². The lowest BCUT2D eigenvalue weighted by Gasteiger charge is -2.24. The Balaban J connectivity index is 1.75. The number of nitrogens with zero attached hydrogens (tertiary/aromatic N) is 2. The van der Waals surface area contributed by atoms with E-state index in [0.717, 1.165) is 46.6 Å². The number of hydrogen-bond acceptors (Lipinski definition) is 4. The van der Waals surface area contributed by atoms with E-state index in [1.54, 1.807) is 6.33 Å². The van der Waals surface area contributed by atoms with Gasteiger partial charge in [0.05, 0.1) is 11.8 Å². The Labute approximate surface area is 144 Å². The molecule has 2 aromatic rings. The molecule has 1 aliphatic heterocycles. The molecular formula is C19H19N3OS. The lowest BCUT2D eigenvalue weighted by atomic mass is 10.1. The normalized spacial score (nSPS) is 24.8. The quantitative estimate of drug-likeness (QED) is 0.913. The molecule has 4 rings (SSSR count). The summed E-state index contributed by atoms with van der Waals surface area (Å²) < 4.78 is 2.58. The summed E-state index contributed by atoms with van der Waals surface area (Å²) in [6.07, 6.45) is 17.8. The molecule has 2 aromatic heterocycles. The number of rotatable bonds is 2. The molecule has 1 saturated heterocycles. The molecule has 122 valence electrons. The standard InChI is InChI=1S/C19H19N3OS/c23-19-18-16(21-13-22(19)15-8-10-20-11-9-15)12-17(24-18)14-6-4-2-1-3-5-7-14/h1-7,12-13,15,20H,8-11H2/b2-1-,3-1?,4-2?,5-3-,6-4-,7-5?,14-6?,14-7+. The molecule has 0 spiro atoms. The van der Waals surface area contributed by atoms with Crippen molar-refractivity contribution in [2.75, 3.05) is 13.1 Å². The predicted octanol–water partition coefficient (Wildman–Crippen LogP) is 3.45. The summed E-state index contributed by atoms with van der Waals surface area (Å²) in [6.45, 7) is 1.92. The van der Waals surface area contributed by atoms with Crippen molar-refractivity contribution < 1.29 is 0 Å². The number of piperidine rings is 1. The first-order chi connectivity index (χ1) is 11.8. The molecule has 0 aromatic carbocycles. The van der Waals surface area contributed by atoms with Crippen molar-refractivity contribution in [1.29, 1.82) is 0 Å². The van der Waals surface area contributed by atoms with Crippen LogP contribution in [0.25, 0.3) is 15.8 Å². The zero-order valence-electron chi connectivity index (χ0n) is 13.3. The minimum absolute atomic E-state index is 0.0917. The van der Waals surface area contributed by atoms with Crippen LogP contribution in [0.3, 0.4) is 0 Å². The highest BCUT2D eigenvalue weighted by Crippen LogP contribution is 2.29. The summed E-state index contributed by atoms with van der Waals surface area (Å²) in [6, 6.07) is 2.28. The fraction of sp³-hybridized carbons (Fsp3) is 0.263. The fourth-order valence-corrected chi connectivity index (χ4v) is 4.20. The van der Waals surface area contributed by atoms with Crippen LogP contribution in [0.2, 0.25) is 0 Å². The molecule has 0 unspecified atom stereocenters. The van der Waals surface area contributed by atoms with E-state index in [1.165, 1.54) is 11.3 Å². The van der Waals surface area contributed by atoms with Crippen LogP contribution < -0.4 is 10.9 Å². The lowest BCUT2D eigenvalue weighted by Crippen LogP contribution is -2.34. The molecule has 2 aliphatic rings. The minimum atomic E-state index is 0.0917. The van der Waals surface area contributed by atoms with Crippen molar-refractivity contribution in [1.82, 2.24) is 14.9 Å². The molecule has 0 atom stereocenters. The van der Waals surface area contributed by atoms with E-state index >= 15 is 0 Å². The summed E-state index contributed by atoms with van der Waals surface area (Å²) >= 11 is 1.54. The third kappa shape index (κ3) is 2.92. The summed E-state index contributed by atoms with van der Waals surface area (Å²) in [7, 11) is 0. The largest absolute Gasteiger partial charge is 0.317 e. The number of nitrogens with one attached hydrogen (secondary N) is 1. The Morgan fingerprint density at radius 1 is 1.12 bits per heavy atom. The summed E-state index contributed by atoms with van der Waals surface area (Å²) in [5, 5.41) is 3.34. The van der Waals surface area contributed by atoms with Crippen molar-refractivity contribution in [3.05, 3.63) is 70.2 Å². The van der Waals surface area contributed by atoms with Gasteiger partial charge in [0, 0.05) is 10.9 Å². The van der Waals surface area contributed by atoms with Gasteiger partial charge in [-0.05, 0) is 37.6 Å². The molecule has 24 heavy (non-hydrogen) atoms. The monoisotopic (exact) mass is 337 g/mol. The lowest BCUT2D eigenvalue weighted by molar-refractivity contribution is 0.359. The number of fused-ring (bicyclic) bond motifs is 1. The Morgan fingerprint density at radius 2 is 1.92 bits per heavy atom. The van der Waals surface area contributed by atoms with Gasteiger partial charge in [-0.15, -0.1) is 11.3 Å². The first-order valence-corrected chi connectivity index (χ1v) is 9.08. The van der Waals surface area contributed by atoms with Crippen molar-refractivity contribution in [3.63, 3.8) is 0 Å². The molecule has 5 heteroatoms. The van der Waals surface area contributed by atoms with E-state index in [-0.39, 0.29) is 11.6 Å². The van der Waals surface area contributed by atoms with Crippen LogP contribution in [0.4, 0.5) is 0 Å². The highest BCUT2D eigenvalue weighted by atomic mass is 32.1. The van der Waals surface area contributed by atoms with Gasteiger partial charge in [0.2, 0.25) is 0 Å². The Kier molecular flexibility index (Phi) is 4.28. The average molecular weight is 337 g/mol. The third-order valence-corrected chi connectivity index (χ3v) is 5.61. The molecule has 1 N–H and O–H groups in total. The third-order valence-electron chi connectivity index (χ3n) is 4.45. The highest BCUT2D eigenvalue weighted by Gasteiger charge is 2.18. The zero-order chi connectivity index (χ0) is 16.4. The van der Waals surface area contributed by atoms with Gasteiger partial charge in [-0.3, -0.25) is 9.36 Å². The summed E-state index contributed by atoms with van der Waals surface area (Å²) in [5.41, 5.74) is 1.99. The minimum Gasteiger partial charge on any atom is -0.317 e. The van der Waals surface area contributed by atoms with E-state index in [0.29, 0.717) is 0 Å². The maximum absolute atomic E-state index is 12.9. The van der Waals surface area contributed by atoms with Crippen molar-refractivity contribution in [2.45, 2.75) is 18.9 Å². The number of aromatic nitrogens is 2. The van der Waals surface area contributed by atoms with Crippen molar-refractivity contribution in [2.24, 2.45) is 0 Å². The summed E-state index contributed by atoms with van der Waals surface area (Å²) in [5.74, 6) is 0. The second-order valence-electron chi connectivity index (χ2n) is 6.01. The second-order valence-corrected chi connectivity index (χ2v) is 7.07. The first-order valence-electron chi connectivity index (χ1n) is 8.26.